The van der Waals surface area contributed by atoms with Crippen molar-refractivity contribution >= 4 is 5.97 Å². The molecule has 2 rings (SSSR count). The minimum absolute atomic E-state index is 0.0903. The second-order valence-corrected chi connectivity index (χ2v) is 3.76. The van der Waals surface area contributed by atoms with Gasteiger partial charge in [-0.2, -0.15) is 0 Å². The highest BCUT2D eigenvalue weighted by molar-refractivity contribution is 5.71. The molecule has 2 unspecified atom stereocenters. The fourth-order valence-electron chi connectivity index (χ4n) is 2.24. The van der Waals surface area contributed by atoms with Crippen molar-refractivity contribution in [2.45, 2.75) is 25.2 Å². The maximum absolute atomic E-state index is 11.0. The lowest BCUT2D eigenvalue weighted by Crippen LogP contribution is -2.18. The molecule has 5 heteroatoms. The zero-order valence-corrected chi connectivity index (χ0v) is 8.05. The fraction of sp³-hybridized carbons (Fsp3) is 0.667. The first-order valence-electron chi connectivity index (χ1n) is 4.77. The molecule has 0 aliphatic heterocycles. The van der Waals surface area contributed by atoms with Crippen molar-refractivity contribution in [3.05, 3.63) is 11.9 Å². The number of carbonyl (C=O) groups is 1. The zero-order chi connectivity index (χ0) is 10.1. The van der Waals surface area contributed by atoms with E-state index in [2.05, 4.69) is 10.3 Å². The first-order chi connectivity index (χ1) is 6.70. The Bertz CT molecular complexity index is 348. The number of rotatable bonds is 2. The molecule has 1 N–H and O–H groups in total. The number of aliphatic carboxylic acids is 1. The molecule has 1 saturated carbocycles. The average Bonchev–Trinajstić information content (AvgIpc) is 2.70. The highest BCUT2D eigenvalue weighted by Gasteiger charge is 2.35. The van der Waals surface area contributed by atoms with Crippen molar-refractivity contribution in [3.8, 4) is 0 Å². The van der Waals surface area contributed by atoms with Gasteiger partial charge < -0.3 is 5.11 Å². The van der Waals surface area contributed by atoms with E-state index in [1.807, 2.05) is 0 Å². The van der Waals surface area contributed by atoms with E-state index in [0.717, 1.165) is 25.0 Å². The van der Waals surface area contributed by atoms with Gasteiger partial charge in [-0.05, 0) is 12.8 Å². The number of carboxylic acids is 1. The molecule has 1 heterocycles. The number of aryl methyl sites for hydroxylation is 1. The molecule has 1 aliphatic carbocycles. The van der Waals surface area contributed by atoms with Crippen molar-refractivity contribution in [2.24, 2.45) is 13.0 Å². The van der Waals surface area contributed by atoms with Gasteiger partial charge in [0.1, 0.15) is 0 Å². The molecule has 0 amide bonds. The van der Waals surface area contributed by atoms with Crippen LogP contribution in [0.3, 0.4) is 0 Å². The van der Waals surface area contributed by atoms with E-state index in [1.165, 1.54) is 0 Å². The van der Waals surface area contributed by atoms with Crippen LogP contribution in [0.1, 0.15) is 30.9 Å². The van der Waals surface area contributed by atoms with Gasteiger partial charge in [-0.15, -0.1) is 5.10 Å². The first kappa shape index (κ1) is 9.18. The third kappa shape index (κ3) is 1.38. The molecule has 2 atom stereocenters. The zero-order valence-electron chi connectivity index (χ0n) is 8.05. The summed E-state index contributed by atoms with van der Waals surface area (Å²) in [4.78, 5) is 11.0. The highest BCUT2D eigenvalue weighted by atomic mass is 16.4. The van der Waals surface area contributed by atoms with Crippen LogP contribution in [0, 0.1) is 5.92 Å². The van der Waals surface area contributed by atoms with Gasteiger partial charge in [0.2, 0.25) is 0 Å². The minimum atomic E-state index is -0.700. The third-order valence-electron chi connectivity index (χ3n) is 2.96. The molecular weight excluding hydrogens is 182 g/mol. The van der Waals surface area contributed by atoms with Crippen molar-refractivity contribution in [1.82, 2.24) is 15.0 Å². The Hall–Kier alpha value is -1.39. The van der Waals surface area contributed by atoms with Crippen molar-refractivity contribution in [2.75, 3.05) is 0 Å². The Balaban J connectivity index is 2.26. The smallest absolute Gasteiger partial charge is 0.307 e. The summed E-state index contributed by atoms with van der Waals surface area (Å²) in [5, 5.41) is 16.6. The quantitative estimate of drug-likeness (QED) is 0.757. The summed E-state index contributed by atoms with van der Waals surface area (Å²) < 4.78 is 1.67. The Kier molecular flexibility index (Phi) is 2.23. The molecule has 0 aromatic carbocycles. The van der Waals surface area contributed by atoms with Crippen LogP contribution in [0.2, 0.25) is 0 Å². The van der Waals surface area contributed by atoms with Crippen molar-refractivity contribution in [1.29, 1.82) is 0 Å². The van der Waals surface area contributed by atoms with Crippen LogP contribution in [0.15, 0.2) is 6.20 Å². The summed E-state index contributed by atoms with van der Waals surface area (Å²) in [5.41, 5.74) is 0.940. The molecule has 0 spiro atoms. The predicted octanol–water partition coefficient (Wildman–Crippen LogP) is 0.783. The van der Waals surface area contributed by atoms with Crippen LogP contribution in [-0.2, 0) is 11.8 Å². The largest absolute Gasteiger partial charge is 0.481 e. The second-order valence-electron chi connectivity index (χ2n) is 3.76. The molecule has 0 radical (unpaired) electrons. The lowest BCUT2D eigenvalue weighted by molar-refractivity contribution is -0.142. The normalized spacial score (nSPS) is 26.6. The van der Waals surface area contributed by atoms with Crippen LogP contribution in [-0.4, -0.2) is 26.1 Å². The number of hydrogen-bond acceptors (Lipinski definition) is 3. The van der Waals surface area contributed by atoms with Crippen LogP contribution in [0.5, 0.6) is 0 Å². The van der Waals surface area contributed by atoms with Crippen molar-refractivity contribution in [3.63, 3.8) is 0 Å². The third-order valence-corrected chi connectivity index (χ3v) is 2.96. The standard InChI is InChI=1S/C9H13N3O2/c1-12-8(5-10-11-12)6-3-2-4-7(6)9(13)14/h5-7H,2-4H2,1H3,(H,13,14). The molecule has 1 aliphatic rings. The van der Waals surface area contributed by atoms with Gasteiger partial charge in [0, 0.05) is 13.0 Å². The summed E-state index contributed by atoms with van der Waals surface area (Å²) in [6, 6.07) is 0. The van der Waals surface area contributed by atoms with Crippen LogP contribution in [0.25, 0.3) is 0 Å². The summed E-state index contributed by atoms with van der Waals surface area (Å²) in [6.45, 7) is 0. The van der Waals surface area contributed by atoms with Gasteiger partial charge in [0.25, 0.3) is 0 Å². The molecule has 76 valence electrons. The van der Waals surface area contributed by atoms with Gasteiger partial charge in [0.05, 0.1) is 17.8 Å². The number of hydrogen-bond donors (Lipinski definition) is 1. The molecule has 0 bridgehead atoms. The van der Waals surface area contributed by atoms with Crippen molar-refractivity contribution < 1.29 is 9.90 Å². The fourth-order valence-corrected chi connectivity index (χ4v) is 2.24. The highest BCUT2D eigenvalue weighted by Crippen LogP contribution is 2.38. The Labute approximate surface area is 81.7 Å². The van der Waals surface area contributed by atoms with Gasteiger partial charge >= 0.3 is 5.97 Å². The summed E-state index contributed by atoms with van der Waals surface area (Å²) >= 11 is 0. The lowest BCUT2D eigenvalue weighted by Gasteiger charge is -2.14. The molecule has 14 heavy (non-hydrogen) atoms. The SMILES string of the molecule is Cn1nncc1C1CCCC1C(=O)O. The summed E-state index contributed by atoms with van der Waals surface area (Å²) in [5.74, 6) is -0.867. The predicted molar refractivity (Wildman–Crippen MR) is 48.7 cm³/mol. The number of carboxylic acid groups (broad SMARTS) is 1. The van der Waals surface area contributed by atoms with Crippen LogP contribution < -0.4 is 0 Å². The van der Waals surface area contributed by atoms with Crippen LogP contribution in [0.4, 0.5) is 0 Å². The van der Waals surface area contributed by atoms with E-state index in [0.29, 0.717) is 0 Å². The monoisotopic (exact) mass is 195 g/mol. The topological polar surface area (TPSA) is 68.0 Å². The number of nitrogens with zero attached hydrogens (tertiary/aromatic N) is 3. The molecule has 1 aromatic rings. The van der Waals surface area contributed by atoms with Gasteiger partial charge in [-0.25, -0.2) is 0 Å². The maximum atomic E-state index is 11.0. The molecule has 0 saturated heterocycles. The lowest BCUT2D eigenvalue weighted by atomic mass is 9.93. The Morgan fingerprint density at radius 1 is 1.64 bits per heavy atom. The van der Waals surface area contributed by atoms with E-state index in [9.17, 15) is 4.79 Å². The average molecular weight is 195 g/mol. The summed E-state index contributed by atoms with van der Waals surface area (Å²) in [7, 11) is 1.81. The Morgan fingerprint density at radius 3 is 3.00 bits per heavy atom. The van der Waals surface area contributed by atoms with Gasteiger partial charge in [0.15, 0.2) is 0 Å². The summed E-state index contributed by atoms with van der Waals surface area (Å²) in [6.07, 6.45) is 4.35. The van der Waals surface area contributed by atoms with E-state index in [4.69, 9.17) is 5.11 Å². The van der Waals surface area contributed by atoms with Gasteiger partial charge in [-0.3, -0.25) is 9.48 Å². The van der Waals surface area contributed by atoms with E-state index in [1.54, 1.807) is 17.9 Å². The van der Waals surface area contributed by atoms with E-state index >= 15 is 0 Å². The van der Waals surface area contributed by atoms with Crippen LogP contribution >= 0.6 is 0 Å². The molecular formula is C9H13N3O2. The minimum Gasteiger partial charge on any atom is -0.481 e. The molecule has 5 nitrogen and oxygen atoms in total. The van der Waals surface area contributed by atoms with E-state index < -0.39 is 5.97 Å². The first-order valence-corrected chi connectivity index (χ1v) is 4.77. The van der Waals surface area contributed by atoms with Gasteiger partial charge in [-0.1, -0.05) is 11.6 Å². The van der Waals surface area contributed by atoms with E-state index in [-0.39, 0.29) is 11.8 Å². The second kappa shape index (κ2) is 3.40. The molecule has 1 fully saturated rings. The number of aromatic nitrogens is 3. The Morgan fingerprint density at radius 2 is 2.43 bits per heavy atom. The molecule has 1 aromatic heterocycles. The maximum Gasteiger partial charge on any atom is 0.307 e.